The standard InChI is InChI=1S/C17H20N6O/c1-21(2)15-11-16(22-7-9-24-10-8-22)20-17(19-15)23-12-18-13-5-3-4-6-14(13)23/h3-6,11-12H,7-10H2,1-2H3. The molecule has 1 saturated heterocycles. The van der Waals surface area contributed by atoms with Gasteiger partial charge in [-0.15, -0.1) is 0 Å². The molecule has 1 aliphatic heterocycles. The van der Waals surface area contributed by atoms with Gasteiger partial charge in [0.1, 0.15) is 18.0 Å². The zero-order chi connectivity index (χ0) is 16.5. The van der Waals surface area contributed by atoms with Crippen molar-refractivity contribution >= 4 is 22.7 Å². The van der Waals surface area contributed by atoms with Gasteiger partial charge in [0, 0.05) is 33.3 Å². The predicted octanol–water partition coefficient (Wildman–Crippen LogP) is 1.72. The Morgan fingerprint density at radius 3 is 2.67 bits per heavy atom. The molecule has 124 valence electrons. The number of nitrogens with zero attached hydrogens (tertiary/aromatic N) is 6. The average molecular weight is 324 g/mol. The Balaban J connectivity index is 1.83. The first-order chi connectivity index (χ1) is 11.7. The van der Waals surface area contributed by atoms with Gasteiger partial charge in [-0.25, -0.2) is 4.98 Å². The van der Waals surface area contributed by atoms with E-state index in [4.69, 9.17) is 14.7 Å². The third-order valence-corrected chi connectivity index (χ3v) is 4.15. The molecule has 0 aliphatic carbocycles. The van der Waals surface area contributed by atoms with Crippen LogP contribution in [0.3, 0.4) is 0 Å². The van der Waals surface area contributed by atoms with Gasteiger partial charge in [-0.2, -0.15) is 9.97 Å². The molecule has 0 unspecified atom stereocenters. The fourth-order valence-electron chi connectivity index (χ4n) is 2.82. The molecule has 3 aromatic rings. The molecule has 1 aromatic carbocycles. The minimum atomic E-state index is 0.636. The summed E-state index contributed by atoms with van der Waals surface area (Å²) in [4.78, 5) is 18.2. The molecule has 4 rings (SSSR count). The lowest BCUT2D eigenvalue weighted by Crippen LogP contribution is -2.37. The first kappa shape index (κ1) is 14.9. The second-order valence-corrected chi connectivity index (χ2v) is 5.98. The number of benzene rings is 1. The van der Waals surface area contributed by atoms with Crippen LogP contribution < -0.4 is 9.80 Å². The highest BCUT2D eigenvalue weighted by Gasteiger charge is 2.17. The summed E-state index contributed by atoms with van der Waals surface area (Å²) >= 11 is 0. The third kappa shape index (κ3) is 2.67. The van der Waals surface area contributed by atoms with E-state index in [1.54, 1.807) is 6.33 Å². The number of hydrogen-bond donors (Lipinski definition) is 0. The monoisotopic (exact) mass is 324 g/mol. The molecule has 0 bridgehead atoms. The van der Waals surface area contributed by atoms with E-state index in [2.05, 4.69) is 9.88 Å². The predicted molar refractivity (Wildman–Crippen MR) is 94.0 cm³/mol. The summed E-state index contributed by atoms with van der Waals surface area (Å²) in [5, 5.41) is 0. The molecule has 0 spiro atoms. The van der Waals surface area contributed by atoms with Gasteiger partial charge in [-0.3, -0.25) is 4.57 Å². The van der Waals surface area contributed by atoms with E-state index in [1.807, 2.05) is 53.9 Å². The van der Waals surface area contributed by atoms with E-state index in [9.17, 15) is 0 Å². The maximum atomic E-state index is 5.45. The minimum absolute atomic E-state index is 0.636. The highest BCUT2D eigenvalue weighted by molar-refractivity contribution is 5.76. The number of ether oxygens (including phenoxy) is 1. The van der Waals surface area contributed by atoms with Gasteiger partial charge in [0.2, 0.25) is 5.95 Å². The van der Waals surface area contributed by atoms with Crippen molar-refractivity contribution in [2.45, 2.75) is 0 Å². The van der Waals surface area contributed by atoms with Crippen molar-refractivity contribution < 1.29 is 4.74 Å². The van der Waals surface area contributed by atoms with Crippen LogP contribution in [0.2, 0.25) is 0 Å². The second kappa shape index (κ2) is 6.09. The van der Waals surface area contributed by atoms with Gasteiger partial charge in [-0.1, -0.05) is 12.1 Å². The van der Waals surface area contributed by atoms with Crippen LogP contribution >= 0.6 is 0 Å². The van der Waals surface area contributed by atoms with Crippen molar-refractivity contribution in [1.29, 1.82) is 0 Å². The van der Waals surface area contributed by atoms with E-state index < -0.39 is 0 Å². The fourth-order valence-corrected chi connectivity index (χ4v) is 2.82. The molecule has 0 saturated carbocycles. The first-order valence-electron chi connectivity index (χ1n) is 8.04. The Morgan fingerprint density at radius 1 is 1.08 bits per heavy atom. The smallest absolute Gasteiger partial charge is 0.239 e. The molecule has 0 amide bonds. The topological polar surface area (TPSA) is 59.3 Å². The molecule has 0 N–H and O–H groups in total. The Morgan fingerprint density at radius 2 is 1.88 bits per heavy atom. The number of para-hydroxylation sites is 2. The van der Waals surface area contributed by atoms with Gasteiger partial charge < -0.3 is 14.5 Å². The normalized spacial score (nSPS) is 15.0. The molecule has 7 heteroatoms. The van der Waals surface area contributed by atoms with Crippen LogP contribution in [0.25, 0.3) is 17.0 Å². The first-order valence-corrected chi connectivity index (χ1v) is 8.04. The van der Waals surface area contributed by atoms with Gasteiger partial charge in [0.25, 0.3) is 0 Å². The lowest BCUT2D eigenvalue weighted by Gasteiger charge is -2.28. The van der Waals surface area contributed by atoms with Crippen LogP contribution in [0.5, 0.6) is 0 Å². The molecule has 1 aliphatic rings. The van der Waals surface area contributed by atoms with Crippen molar-refractivity contribution in [3.8, 4) is 5.95 Å². The number of hydrogen-bond acceptors (Lipinski definition) is 6. The number of morpholine rings is 1. The van der Waals surface area contributed by atoms with Crippen LogP contribution in [-0.4, -0.2) is 59.9 Å². The summed E-state index contributed by atoms with van der Waals surface area (Å²) in [6, 6.07) is 10.0. The molecular weight excluding hydrogens is 304 g/mol. The Labute approximate surface area is 140 Å². The molecule has 0 radical (unpaired) electrons. The summed E-state index contributed by atoms with van der Waals surface area (Å²) in [7, 11) is 3.97. The maximum absolute atomic E-state index is 5.45. The van der Waals surface area contributed by atoms with E-state index in [1.165, 1.54) is 0 Å². The highest BCUT2D eigenvalue weighted by atomic mass is 16.5. The minimum Gasteiger partial charge on any atom is -0.378 e. The second-order valence-electron chi connectivity index (χ2n) is 5.98. The molecular formula is C17H20N6O. The van der Waals surface area contributed by atoms with E-state index in [0.29, 0.717) is 5.95 Å². The fraction of sp³-hybridized carbons (Fsp3) is 0.353. The van der Waals surface area contributed by atoms with Crippen molar-refractivity contribution in [2.24, 2.45) is 0 Å². The van der Waals surface area contributed by atoms with Crippen LogP contribution in [0.1, 0.15) is 0 Å². The van der Waals surface area contributed by atoms with Crippen molar-refractivity contribution in [3.05, 3.63) is 36.7 Å². The summed E-state index contributed by atoms with van der Waals surface area (Å²) in [5.41, 5.74) is 1.94. The van der Waals surface area contributed by atoms with E-state index >= 15 is 0 Å². The largest absolute Gasteiger partial charge is 0.378 e. The number of anilines is 2. The average Bonchev–Trinajstić information content (AvgIpc) is 3.06. The zero-order valence-corrected chi connectivity index (χ0v) is 13.9. The molecule has 0 atom stereocenters. The number of rotatable bonds is 3. The highest BCUT2D eigenvalue weighted by Crippen LogP contribution is 2.22. The Bertz CT molecular complexity index is 853. The number of imidazole rings is 1. The quantitative estimate of drug-likeness (QED) is 0.731. The van der Waals surface area contributed by atoms with Gasteiger partial charge >= 0.3 is 0 Å². The Hall–Kier alpha value is -2.67. The lowest BCUT2D eigenvalue weighted by atomic mass is 10.3. The van der Waals surface area contributed by atoms with Crippen LogP contribution in [0, 0.1) is 0 Å². The molecule has 7 nitrogen and oxygen atoms in total. The van der Waals surface area contributed by atoms with Crippen molar-refractivity contribution in [1.82, 2.24) is 19.5 Å². The van der Waals surface area contributed by atoms with Crippen molar-refractivity contribution in [2.75, 3.05) is 50.2 Å². The van der Waals surface area contributed by atoms with Crippen LogP contribution in [-0.2, 0) is 4.74 Å². The maximum Gasteiger partial charge on any atom is 0.239 e. The SMILES string of the molecule is CN(C)c1cc(N2CCOCC2)nc(-n2cnc3ccccc32)n1. The lowest BCUT2D eigenvalue weighted by molar-refractivity contribution is 0.122. The number of fused-ring (bicyclic) bond motifs is 1. The molecule has 24 heavy (non-hydrogen) atoms. The zero-order valence-electron chi connectivity index (χ0n) is 13.9. The summed E-state index contributed by atoms with van der Waals surface area (Å²) in [6.45, 7) is 3.14. The summed E-state index contributed by atoms with van der Waals surface area (Å²) < 4.78 is 7.39. The van der Waals surface area contributed by atoms with Gasteiger partial charge in [-0.05, 0) is 12.1 Å². The van der Waals surface area contributed by atoms with Crippen LogP contribution in [0.4, 0.5) is 11.6 Å². The molecule has 3 heterocycles. The van der Waals surface area contributed by atoms with E-state index in [-0.39, 0.29) is 0 Å². The molecule has 2 aromatic heterocycles. The van der Waals surface area contributed by atoms with Gasteiger partial charge in [0.15, 0.2) is 0 Å². The van der Waals surface area contributed by atoms with E-state index in [0.717, 1.165) is 49.0 Å². The van der Waals surface area contributed by atoms with Gasteiger partial charge in [0.05, 0.1) is 24.2 Å². The van der Waals surface area contributed by atoms with Crippen LogP contribution in [0.15, 0.2) is 36.7 Å². The summed E-state index contributed by atoms with van der Waals surface area (Å²) in [5.74, 6) is 2.43. The number of aromatic nitrogens is 4. The van der Waals surface area contributed by atoms with Crippen molar-refractivity contribution in [3.63, 3.8) is 0 Å². The molecule has 1 fully saturated rings. The summed E-state index contributed by atoms with van der Waals surface area (Å²) in [6.07, 6.45) is 1.78. The Kier molecular flexibility index (Phi) is 3.78. The third-order valence-electron chi connectivity index (χ3n) is 4.15.